The Morgan fingerprint density at radius 3 is 2.58 bits per heavy atom. The normalized spacial score (nSPS) is 18.8. The minimum atomic E-state index is -0.625. The van der Waals surface area contributed by atoms with E-state index in [0.717, 1.165) is 57.2 Å². The van der Waals surface area contributed by atoms with Crippen molar-refractivity contribution in [2.45, 2.75) is 51.5 Å². The van der Waals surface area contributed by atoms with E-state index in [9.17, 15) is 14.7 Å². The van der Waals surface area contributed by atoms with Gasteiger partial charge >= 0.3 is 0 Å². The average Bonchev–Trinajstić information content (AvgIpc) is 2.84. The Morgan fingerprint density at radius 2 is 1.85 bits per heavy atom. The van der Waals surface area contributed by atoms with Gasteiger partial charge in [-0.1, -0.05) is 25.1 Å². The fourth-order valence-corrected chi connectivity index (χ4v) is 5.29. The van der Waals surface area contributed by atoms with Crippen LogP contribution in [-0.2, 0) is 12.8 Å². The first kappa shape index (κ1) is 23.2. The molecule has 2 heterocycles. The molecule has 33 heavy (non-hydrogen) atoms. The first-order valence-corrected chi connectivity index (χ1v) is 12.1. The lowest BCUT2D eigenvalue weighted by Gasteiger charge is -2.39. The number of aromatic nitrogens is 1. The first-order valence-electron chi connectivity index (χ1n) is 12.1. The van der Waals surface area contributed by atoms with Gasteiger partial charge in [0.2, 0.25) is 0 Å². The van der Waals surface area contributed by atoms with Gasteiger partial charge in [-0.15, -0.1) is 0 Å². The number of hydrogen-bond acceptors (Lipinski definition) is 5. The van der Waals surface area contributed by atoms with Crippen molar-refractivity contribution in [1.29, 1.82) is 0 Å². The number of phenols is 1. The highest BCUT2D eigenvalue weighted by Crippen LogP contribution is 2.31. The van der Waals surface area contributed by atoms with Gasteiger partial charge in [-0.3, -0.25) is 14.5 Å². The third-order valence-electron chi connectivity index (χ3n) is 7.07. The second kappa shape index (κ2) is 10.3. The second-order valence-corrected chi connectivity index (χ2v) is 9.31. The first-order chi connectivity index (χ1) is 16.0. The Balaban J connectivity index is 1.34. The number of benzene rings is 1. The monoisotopic (exact) mass is 450 g/mol. The number of carbonyl (C=O) groups is 2. The molecule has 1 aliphatic heterocycles. The number of aromatic hydroxyl groups is 1. The number of pyridine rings is 1. The largest absolute Gasteiger partial charge is 0.508 e. The van der Waals surface area contributed by atoms with Crippen molar-refractivity contribution in [2.24, 2.45) is 11.7 Å². The summed E-state index contributed by atoms with van der Waals surface area (Å²) in [4.78, 5) is 32.9. The summed E-state index contributed by atoms with van der Waals surface area (Å²) in [5, 5.41) is 10.2. The Hall–Kier alpha value is -2.93. The summed E-state index contributed by atoms with van der Waals surface area (Å²) in [6, 6.07) is 11.2. The number of primary amides is 1. The lowest BCUT2D eigenvalue weighted by molar-refractivity contribution is 0.0636. The van der Waals surface area contributed by atoms with Crippen molar-refractivity contribution in [2.75, 3.05) is 26.2 Å². The molecule has 2 aliphatic rings. The van der Waals surface area contributed by atoms with Gasteiger partial charge in [-0.25, -0.2) is 4.98 Å². The molecule has 1 aliphatic carbocycles. The highest BCUT2D eigenvalue weighted by atomic mass is 16.3. The van der Waals surface area contributed by atoms with Crippen molar-refractivity contribution < 1.29 is 14.7 Å². The topological polar surface area (TPSA) is 99.8 Å². The maximum Gasteiger partial charge on any atom is 0.272 e. The highest BCUT2D eigenvalue weighted by Gasteiger charge is 2.30. The minimum Gasteiger partial charge on any atom is -0.508 e. The molecule has 7 nitrogen and oxygen atoms in total. The molecule has 1 unspecified atom stereocenters. The van der Waals surface area contributed by atoms with E-state index in [1.807, 2.05) is 11.0 Å². The summed E-state index contributed by atoms with van der Waals surface area (Å²) in [5.41, 5.74) is 8.09. The van der Waals surface area contributed by atoms with Gasteiger partial charge in [-0.05, 0) is 80.3 Å². The molecule has 0 spiro atoms. The molecule has 1 aromatic carbocycles. The summed E-state index contributed by atoms with van der Waals surface area (Å²) in [6.45, 7) is 5.75. The van der Waals surface area contributed by atoms with Gasteiger partial charge in [0.15, 0.2) is 0 Å². The Morgan fingerprint density at radius 1 is 1.12 bits per heavy atom. The number of likely N-dealkylation sites (tertiary alicyclic amines) is 1. The number of fused-ring (bicyclic) bond motifs is 1. The van der Waals surface area contributed by atoms with Gasteiger partial charge in [0.25, 0.3) is 11.8 Å². The molecular formula is C26H34N4O3. The van der Waals surface area contributed by atoms with Crippen LogP contribution in [0.25, 0.3) is 0 Å². The minimum absolute atomic E-state index is 0.119. The van der Waals surface area contributed by atoms with Crippen LogP contribution < -0.4 is 5.73 Å². The number of nitrogens with zero attached hydrogens (tertiary/aromatic N) is 3. The van der Waals surface area contributed by atoms with Crippen molar-refractivity contribution in [3.63, 3.8) is 0 Å². The van der Waals surface area contributed by atoms with Crippen molar-refractivity contribution >= 4 is 11.8 Å². The quantitative estimate of drug-likeness (QED) is 0.676. The predicted molar refractivity (Wildman–Crippen MR) is 127 cm³/mol. The third-order valence-corrected chi connectivity index (χ3v) is 7.07. The summed E-state index contributed by atoms with van der Waals surface area (Å²) >= 11 is 0. The summed E-state index contributed by atoms with van der Waals surface area (Å²) in [5.74, 6) is 0.225. The van der Waals surface area contributed by atoms with Crippen LogP contribution in [0.3, 0.4) is 0 Å². The second-order valence-electron chi connectivity index (χ2n) is 9.31. The highest BCUT2D eigenvalue weighted by molar-refractivity contribution is 5.95. The van der Waals surface area contributed by atoms with Gasteiger partial charge in [-0.2, -0.15) is 0 Å². The lowest BCUT2D eigenvalue weighted by atomic mass is 9.86. The van der Waals surface area contributed by atoms with Crippen LogP contribution in [0, 0.1) is 5.92 Å². The molecule has 1 atom stereocenters. The Kier molecular flexibility index (Phi) is 7.28. The number of carbonyl (C=O) groups excluding carboxylic acids is 2. The summed E-state index contributed by atoms with van der Waals surface area (Å²) < 4.78 is 0. The van der Waals surface area contributed by atoms with Crippen LogP contribution in [0.15, 0.2) is 36.4 Å². The lowest BCUT2D eigenvalue weighted by Crippen LogP contribution is -2.46. The zero-order chi connectivity index (χ0) is 23.4. The van der Waals surface area contributed by atoms with Crippen LogP contribution in [0.1, 0.15) is 64.7 Å². The molecule has 3 N–H and O–H groups in total. The third kappa shape index (κ3) is 5.36. The molecular weight excluding hydrogens is 416 g/mol. The van der Waals surface area contributed by atoms with E-state index < -0.39 is 5.91 Å². The molecule has 0 radical (unpaired) electrons. The molecule has 0 saturated carbocycles. The molecule has 1 aromatic heterocycles. The number of hydrogen-bond donors (Lipinski definition) is 2. The van der Waals surface area contributed by atoms with Gasteiger partial charge in [0.1, 0.15) is 17.1 Å². The van der Waals surface area contributed by atoms with E-state index in [-0.39, 0.29) is 17.3 Å². The fraction of sp³-hybridized carbons (Fsp3) is 0.500. The molecule has 1 fully saturated rings. The van der Waals surface area contributed by atoms with E-state index in [1.165, 1.54) is 11.6 Å². The molecule has 1 saturated heterocycles. The summed E-state index contributed by atoms with van der Waals surface area (Å²) in [6.07, 6.45) is 6.03. The predicted octanol–water partition coefficient (Wildman–Crippen LogP) is 3.01. The van der Waals surface area contributed by atoms with Gasteiger partial charge in [0.05, 0.1) is 0 Å². The number of piperidine rings is 1. The van der Waals surface area contributed by atoms with Crippen LogP contribution in [0.2, 0.25) is 0 Å². The fourth-order valence-electron chi connectivity index (χ4n) is 5.29. The van der Waals surface area contributed by atoms with Gasteiger partial charge < -0.3 is 15.7 Å². The average molecular weight is 451 g/mol. The van der Waals surface area contributed by atoms with Crippen molar-refractivity contribution in [1.82, 2.24) is 14.8 Å². The van der Waals surface area contributed by atoms with Crippen LogP contribution in [-0.4, -0.2) is 63.9 Å². The SMILES string of the molecule is CCCN(CC1CCN(C(=O)c2cccc(C(N)=O)n2)CC1)C1CCc2c(O)cccc2C1. The van der Waals surface area contributed by atoms with E-state index in [0.29, 0.717) is 30.8 Å². The Bertz CT molecular complexity index is 1000. The zero-order valence-electron chi connectivity index (χ0n) is 19.4. The molecule has 4 rings (SSSR count). The molecule has 7 heteroatoms. The van der Waals surface area contributed by atoms with Crippen molar-refractivity contribution in [3.05, 3.63) is 58.9 Å². The zero-order valence-corrected chi connectivity index (χ0v) is 19.4. The van der Waals surface area contributed by atoms with Gasteiger partial charge in [0, 0.05) is 25.7 Å². The molecule has 0 bridgehead atoms. The molecule has 176 valence electrons. The maximum absolute atomic E-state index is 12.9. The smallest absolute Gasteiger partial charge is 0.272 e. The standard InChI is InChI=1S/C26H34N4O3/c1-2-13-30(20-9-10-21-19(16-20)5-3-8-24(21)31)17-18-11-14-29(15-12-18)26(33)23-7-4-6-22(28-23)25(27)32/h3-8,18,20,31H,2,9-17H2,1H3,(H2,27,32). The van der Waals surface area contributed by atoms with E-state index in [1.54, 1.807) is 18.2 Å². The summed E-state index contributed by atoms with van der Waals surface area (Å²) in [7, 11) is 0. The van der Waals surface area contributed by atoms with E-state index in [2.05, 4.69) is 22.9 Å². The van der Waals surface area contributed by atoms with Crippen LogP contribution in [0.5, 0.6) is 5.75 Å². The number of rotatable bonds is 7. The van der Waals surface area contributed by atoms with E-state index in [4.69, 9.17) is 5.73 Å². The maximum atomic E-state index is 12.9. The Labute approximate surface area is 195 Å². The number of phenolic OH excluding ortho intramolecular Hbond substituents is 1. The molecule has 2 amide bonds. The number of amides is 2. The van der Waals surface area contributed by atoms with E-state index >= 15 is 0 Å². The van der Waals surface area contributed by atoms with Crippen LogP contribution in [0.4, 0.5) is 0 Å². The molecule has 2 aromatic rings. The van der Waals surface area contributed by atoms with Crippen molar-refractivity contribution in [3.8, 4) is 5.75 Å². The van der Waals surface area contributed by atoms with Crippen LogP contribution >= 0.6 is 0 Å². The number of nitrogens with two attached hydrogens (primary N) is 1.